The molecule has 0 atom stereocenters. The smallest absolute Gasteiger partial charge is 0.255 e. The highest BCUT2D eigenvalue weighted by Gasteiger charge is 2.20. The van der Waals surface area contributed by atoms with Crippen molar-refractivity contribution in [1.82, 2.24) is 5.32 Å². The van der Waals surface area contributed by atoms with Crippen molar-refractivity contribution in [3.63, 3.8) is 0 Å². The van der Waals surface area contributed by atoms with E-state index in [1.165, 1.54) is 25.7 Å². The Bertz CT molecular complexity index is 467. The fourth-order valence-electron chi connectivity index (χ4n) is 2.90. The van der Waals surface area contributed by atoms with Crippen LogP contribution in [0.15, 0.2) is 18.2 Å². The molecule has 1 aliphatic heterocycles. The van der Waals surface area contributed by atoms with Crippen LogP contribution in [0.2, 0.25) is 0 Å². The van der Waals surface area contributed by atoms with Crippen LogP contribution in [-0.4, -0.2) is 25.6 Å². The molecule has 3 rings (SSSR count). The van der Waals surface area contributed by atoms with Crippen LogP contribution >= 0.6 is 0 Å². The van der Waals surface area contributed by atoms with Crippen LogP contribution in [0.25, 0.3) is 0 Å². The molecule has 0 bridgehead atoms. The van der Waals surface area contributed by atoms with Gasteiger partial charge in [0.2, 0.25) is 0 Å². The summed E-state index contributed by atoms with van der Waals surface area (Å²) in [5, 5.41) is 6.29. The van der Waals surface area contributed by atoms with Crippen molar-refractivity contribution in [2.45, 2.75) is 25.7 Å². The molecule has 4 nitrogen and oxygen atoms in total. The van der Waals surface area contributed by atoms with E-state index in [1.54, 1.807) is 0 Å². The van der Waals surface area contributed by atoms with Crippen LogP contribution in [-0.2, 0) is 0 Å². The minimum absolute atomic E-state index is 0.0209. The summed E-state index contributed by atoms with van der Waals surface area (Å²) in [5.74, 6) is 1.33. The Balaban J connectivity index is 1.68. The molecule has 102 valence electrons. The highest BCUT2D eigenvalue weighted by molar-refractivity contribution is 5.98. The first-order valence-corrected chi connectivity index (χ1v) is 7.12. The molecule has 2 N–H and O–H groups in total. The highest BCUT2D eigenvalue weighted by atomic mass is 16.5. The first-order valence-electron chi connectivity index (χ1n) is 7.12. The van der Waals surface area contributed by atoms with E-state index in [4.69, 9.17) is 4.74 Å². The van der Waals surface area contributed by atoms with E-state index in [1.807, 2.05) is 18.2 Å². The molecule has 1 aromatic carbocycles. The number of nitrogens with one attached hydrogen (secondary N) is 2. The maximum absolute atomic E-state index is 12.3. The summed E-state index contributed by atoms with van der Waals surface area (Å²) in [6, 6.07) is 5.67. The molecule has 1 saturated carbocycles. The first kappa shape index (κ1) is 12.3. The van der Waals surface area contributed by atoms with Crippen LogP contribution in [0.4, 0.5) is 5.69 Å². The molecule has 1 heterocycles. The monoisotopic (exact) mass is 260 g/mol. The SMILES string of the molecule is O=C(NCC1CCCC1)c1cccc2c1OCCN2. The van der Waals surface area contributed by atoms with E-state index in [0.717, 1.165) is 18.8 Å². The molecule has 0 aromatic heterocycles. The predicted octanol–water partition coefficient (Wildman–Crippen LogP) is 2.41. The molecule has 1 amide bonds. The predicted molar refractivity (Wildman–Crippen MR) is 74.7 cm³/mol. The molecule has 0 unspecified atom stereocenters. The number of rotatable bonds is 3. The van der Waals surface area contributed by atoms with Crippen molar-refractivity contribution in [2.24, 2.45) is 5.92 Å². The van der Waals surface area contributed by atoms with Crippen molar-refractivity contribution in [2.75, 3.05) is 25.0 Å². The van der Waals surface area contributed by atoms with Crippen molar-refractivity contribution in [1.29, 1.82) is 0 Å². The maximum Gasteiger partial charge on any atom is 0.255 e. The lowest BCUT2D eigenvalue weighted by Gasteiger charge is -2.21. The first-order chi connectivity index (χ1) is 9.34. The zero-order chi connectivity index (χ0) is 13.1. The van der Waals surface area contributed by atoms with Crippen LogP contribution in [0, 0.1) is 5.92 Å². The van der Waals surface area contributed by atoms with E-state index in [0.29, 0.717) is 23.8 Å². The third-order valence-electron chi connectivity index (χ3n) is 3.95. The third kappa shape index (κ3) is 2.67. The number of ether oxygens (including phenoxy) is 1. The second-order valence-electron chi connectivity index (χ2n) is 5.32. The Morgan fingerprint density at radius 3 is 3.05 bits per heavy atom. The van der Waals surface area contributed by atoms with Crippen LogP contribution < -0.4 is 15.4 Å². The summed E-state index contributed by atoms with van der Waals surface area (Å²) in [4.78, 5) is 12.3. The topological polar surface area (TPSA) is 50.4 Å². The maximum atomic E-state index is 12.3. The molecular formula is C15H20N2O2. The molecule has 2 aliphatic rings. The Kier molecular flexibility index (Phi) is 3.58. The number of carbonyl (C=O) groups excluding carboxylic acids is 1. The Morgan fingerprint density at radius 2 is 2.21 bits per heavy atom. The van der Waals surface area contributed by atoms with Crippen LogP contribution in [0.3, 0.4) is 0 Å². The number of hydrogen-bond acceptors (Lipinski definition) is 3. The van der Waals surface area contributed by atoms with Gasteiger partial charge in [-0.15, -0.1) is 0 Å². The Morgan fingerprint density at radius 1 is 1.37 bits per heavy atom. The van der Waals surface area contributed by atoms with Gasteiger partial charge < -0.3 is 15.4 Å². The van der Waals surface area contributed by atoms with Gasteiger partial charge in [-0.25, -0.2) is 0 Å². The highest BCUT2D eigenvalue weighted by Crippen LogP contribution is 2.31. The fourth-order valence-corrected chi connectivity index (χ4v) is 2.90. The van der Waals surface area contributed by atoms with Crippen LogP contribution in [0.5, 0.6) is 5.75 Å². The number of amides is 1. The zero-order valence-corrected chi connectivity index (χ0v) is 11.1. The second kappa shape index (κ2) is 5.51. The average molecular weight is 260 g/mol. The number of carbonyl (C=O) groups is 1. The van der Waals surface area contributed by atoms with E-state index >= 15 is 0 Å². The molecule has 19 heavy (non-hydrogen) atoms. The summed E-state index contributed by atoms with van der Waals surface area (Å²) < 4.78 is 5.62. The largest absolute Gasteiger partial charge is 0.489 e. The summed E-state index contributed by atoms with van der Waals surface area (Å²) in [7, 11) is 0. The number of para-hydroxylation sites is 1. The van der Waals surface area contributed by atoms with Crippen molar-refractivity contribution < 1.29 is 9.53 Å². The summed E-state index contributed by atoms with van der Waals surface area (Å²) >= 11 is 0. The van der Waals surface area contributed by atoms with Gasteiger partial charge in [0.05, 0.1) is 11.3 Å². The van der Waals surface area contributed by atoms with E-state index in [2.05, 4.69) is 10.6 Å². The van der Waals surface area contributed by atoms with E-state index in [9.17, 15) is 4.79 Å². The lowest BCUT2D eigenvalue weighted by Crippen LogP contribution is -2.29. The van der Waals surface area contributed by atoms with Gasteiger partial charge in [-0.2, -0.15) is 0 Å². The van der Waals surface area contributed by atoms with Gasteiger partial charge in [0, 0.05) is 13.1 Å². The second-order valence-corrected chi connectivity index (χ2v) is 5.32. The molecule has 1 aromatic rings. The molecule has 1 aliphatic carbocycles. The standard InChI is InChI=1S/C15H20N2O2/c18-15(17-10-11-4-1-2-5-11)12-6-3-7-13-14(12)19-9-8-16-13/h3,6-7,11,16H,1-2,4-5,8-10H2,(H,17,18). The number of fused-ring (bicyclic) bond motifs is 1. The minimum atomic E-state index is -0.0209. The van der Waals surface area contributed by atoms with Gasteiger partial charge in [0.25, 0.3) is 5.91 Å². The lowest BCUT2D eigenvalue weighted by atomic mass is 10.1. The van der Waals surface area contributed by atoms with Crippen molar-refractivity contribution in [3.8, 4) is 5.75 Å². The third-order valence-corrected chi connectivity index (χ3v) is 3.95. The van der Waals surface area contributed by atoms with Gasteiger partial charge in [0.1, 0.15) is 6.61 Å². The number of anilines is 1. The lowest BCUT2D eigenvalue weighted by molar-refractivity contribution is 0.0943. The molecule has 4 heteroatoms. The van der Waals surface area contributed by atoms with Gasteiger partial charge in [-0.3, -0.25) is 4.79 Å². The average Bonchev–Trinajstić information content (AvgIpc) is 2.97. The van der Waals surface area contributed by atoms with Crippen molar-refractivity contribution >= 4 is 11.6 Å². The number of benzene rings is 1. The molecule has 0 radical (unpaired) electrons. The molecular weight excluding hydrogens is 240 g/mol. The van der Waals surface area contributed by atoms with Gasteiger partial charge in [0.15, 0.2) is 5.75 Å². The number of hydrogen-bond donors (Lipinski definition) is 2. The van der Waals surface area contributed by atoms with Crippen LogP contribution in [0.1, 0.15) is 36.0 Å². The van der Waals surface area contributed by atoms with Gasteiger partial charge >= 0.3 is 0 Å². The Labute approximate surface area is 113 Å². The normalized spacial score (nSPS) is 18.3. The fraction of sp³-hybridized carbons (Fsp3) is 0.533. The summed E-state index contributed by atoms with van der Waals surface area (Å²) in [6.45, 7) is 2.19. The van der Waals surface area contributed by atoms with E-state index < -0.39 is 0 Å². The molecule has 0 saturated heterocycles. The minimum Gasteiger partial charge on any atom is -0.489 e. The van der Waals surface area contributed by atoms with Crippen molar-refractivity contribution in [3.05, 3.63) is 23.8 Å². The van der Waals surface area contributed by atoms with E-state index in [-0.39, 0.29) is 5.91 Å². The quantitative estimate of drug-likeness (QED) is 0.877. The van der Waals surface area contributed by atoms with Gasteiger partial charge in [-0.05, 0) is 30.9 Å². The molecule has 0 spiro atoms. The molecule has 1 fully saturated rings. The summed E-state index contributed by atoms with van der Waals surface area (Å²) in [6.07, 6.45) is 5.08. The Hall–Kier alpha value is -1.71. The zero-order valence-electron chi connectivity index (χ0n) is 11.1. The van der Waals surface area contributed by atoms with Gasteiger partial charge in [-0.1, -0.05) is 18.9 Å². The summed E-state index contributed by atoms with van der Waals surface area (Å²) in [5.41, 5.74) is 1.56.